The summed E-state index contributed by atoms with van der Waals surface area (Å²) in [7, 11) is 2.03. The first kappa shape index (κ1) is 17.4. The zero-order chi connectivity index (χ0) is 17.0. The number of carbonyl (C=O) groups excluding carboxylic acids is 2. The Morgan fingerprint density at radius 2 is 2.17 bits per heavy atom. The van der Waals surface area contributed by atoms with Crippen LogP contribution in [0.4, 0.5) is 4.79 Å². The highest BCUT2D eigenvalue weighted by Gasteiger charge is 2.35. The van der Waals surface area contributed by atoms with Crippen molar-refractivity contribution in [2.75, 3.05) is 13.1 Å². The molecule has 23 heavy (non-hydrogen) atoms. The highest BCUT2D eigenvalue weighted by molar-refractivity contribution is 5.88. The molecule has 0 radical (unpaired) electrons. The Kier molecular flexibility index (Phi) is 5.69. The molecule has 6 heteroatoms. The molecule has 0 bridgehead atoms. The van der Waals surface area contributed by atoms with Gasteiger partial charge in [-0.15, -0.1) is 0 Å². The maximum atomic E-state index is 12.5. The number of amides is 3. The number of nitrogens with one attached hydrogen (secondary N) is 2. The SMILES string of the molecule is CC(C)[C@H]1C(=O)NCCN1C(=O)N[C@H](C)CCc1cccn1C. The van der Waals surface area contributed by atoms with Gasteiger partial charge in [-0.3, -0.25) is 4.79 Å². The van der Waals surface area contributed by atoms with Crippen molar-refractivity contribution >= 4 is 11.9 Å². The van der Waals surface area contributed by atoms with Crippen molar-refractivity contribution in [3.8, 4) is 0 Å². The Hall–Kier alpha value is -1.98. The topological polar surface area (TPSA) is 66.4 Å². The van der Waals surface area contributed by atoms with Crippen LogP contribution < -0.4 is 10.6 Å². The van der Waals surface area contributed by atoms with Crippen molar-refractivity contribution in [1.82, 2.24) is 20.1 Å². The molecule has 1 aliphatic rings. The largest absolute Gasteiger partial charge is 0.354 e. The van der Waals surface area contributed by atoms with Crippen molar-refractivity contribution in [1.29, 1.82) is 0 Å². The van der Waals surface area contributed by atoms with E-state index in [9.17, 15) is 9.59 Å². The minimum Gasteiger partial charge on any atom is -0.354 e. The Bertz CT molecular complexity index is 553. The standard InChI is InChI=1S/C17H28N4O2/c1-12(2)15-16(22)18-9-11-21(15)17(23)19-13(3)7-8-14-6-5-10-20(14)4/h5-6,10,12-13,15H,7-9,11H2,1-4H3,(H,18,22)(H,19,23)/t13-,15+/m1/s1. The molecule has 2 rings (SSSR count). The Morgan fingerprint density at radius 1 is 1.43 bits per heavy atom. The molecular weight excluding hydrogens is 292 g/mol. The van der Waals surface area contributed by atoms with Crippen molar-refractivity contribution in [3.63, 3.8) is 0 Å². The van der Waals surface area contributed by atoms with Crippen LogP contribution >= 0.6 is 0 Å². The molecule has 1 fully saturated rings. The van der Waals surface area contributed by atoms with Crippen molar-refractivity contribution in [2.45, 2.75) is 45.7 Å². The fraction of sp³-hybridized carbons (Fsp3) is 0.647. The van der Waals surface area contributed by atoms with Gasteiger partial charge in [0.25, 0.3) is 0 Å². The molecule has 1 aromatic heterocycles. The summed E-state index contributed by atoms with van der Waals surface area (Å²) >= 11 is 0. The average Bonchev–Trinajstić information content (AvgIpc) is 2.89. The van der Waals surface area contributed by atoms with Crippen LogP contribution in [0.3, 0.4) is 0 Å². The van der Waals surface area contributed by atoms with Crippen molar-refractivity contribution < 1.29 is 9.59 Å². The van der Waals surface area contributed by atoms with E-state index in [0.29, 0.717) is 13.1 Å². The van der Waals surface area contributed by atoms with E-state index in [1.807, 2.05) is 40.1 Å². The lowest BCUT2D eigenvalue weighted by atomic mass is 10.00. The molecule has 2 atom stereocenters. The quantitative estimate of drug-likeness (QED) is 0.864. The number of aryl methyl sites for hydroxylation is 2. The third-order valence-corrected chi connectivity index (χ3v) is 4.40. The van der Waals surface area contributed by atoms with E-state index < -0.39 is 0 Å². The van der Waals surface area contributed by atoms with Gasteiger partial charge in [0.15, 0.2) is 0 Å². The van der Waals surface area contributed by atoms with Crippen molar-refractivity contribution in [3.05, 3.63) is 24.0 Å². The summed E-state index contributed by atoms with van der Waals surface area (Å²) < 4.78 is 2.10. The van der Waals surface area contributed by atoms with Crippen LogP contribution in [0.5, 0.6) is 0 Å². The lowest BCUT2D eigenvalue weighted by Crippen LogP contribution is -2.61. The molecule has 6 nitrogen and oxygen atoms in total. The van der Waals surface area contributed by atoms with Gasteiger partial charge in [-0.2, -0.15) is 0 Å². The smallest absolute Gasteiger partial charge is 0.318 e. The molecule has 2 heterocycles. The van der Waals surface area contributed by atoms with Gasteiger partial charge in [0.1, 0.15) is 6.04 Å². The lowest BCUT2D eigenvalue weighted by Gasteiger charge is -2.37. The van der Waals surface area contributed by atoms with E-state index in [4.69, 9.17) is 0 Å². The number of hydrogen-bond acceptors (Lipinski definition) is 2. The number of hydrogen-bond donors (Lipinski definition) is 2. The second-order valence-electron chi connectivity index (χ2n) is 6.67. The van der Waals surface area contributed by atoms with Crippen LogP contribution in [0.1, 0.15) is 32.9 Å². The van der Waals surface area contributed by atoms with Gasteiger partial charge < -0.3 is 20.1 Å². The second kappa shape index (κ2) is 7.53. The highest BCUT2D eigenvalue weighted by atomic mass is 16.2. The zero-order valence-electron chi connectivity index (χ0n) is 14.5. The molecule has 2 N–H and O–H groups in total. The molecule has 0 aromatic carbocycles. The molecule has 0 unspecified atom stereocenters. The molecule has 1 aromatic rings. The predicted molar refractivity (Wildman–Crippen MR) is 90.1 cm³/mol. The Morgan fingerprint density at radius 3 is 2.78 bits per heavy atom. The van der Waals surface area contributed by atoms with Gasteiger partial charge in [-0.1, -0.05) is 13.8 Å². The lowest BCUT2D eigenvalue weighted by molar-refractivity contribution is -0.129. The normalized spacial score (nSPS) is 19.6. The number of nitrogens with zero attached hydrogens (tertiary/aromatic N) is 2. The zero-order valence-corrected chi connectivity index (χ0v) is 14.5. The molecule has 3 amide bonds. The number of urea groups is 1. The summed E-state index contributed by atoms with van der Waals surface area (Å²) in [6, 6.07) is 3.66. The summed E-state index contributed by atoms with van der Waals surface area (Å²) in [5, 5.41) is 5.87. The van der Waals surface area contributed by atoms with E-state index >= 15 is 0 Å². The third kappa shape index (κ3) is 4.27. The second-order valence-corrected chi connectivity index (χ2v) is 6.67. The fourth-order valence-electron chi connectivity index (χ4n) is 3.06. The molecule has 0 spiro atoms. The maximum Gasteiger partial charge on any atom is 0.318 e. The van der Waals surface area contributed by atoms with Gasteiger partial charge in [0, 0.05) is 38.1 Å². The van der Waals surface area contributed by atoms with Crippen LogP contribution in [0.25, 0.3) is 0 Å². The van der Waals surface area contributed by atoms with Crippen LogP contribution in [0, 0.1) is 5.92 Å². The van der Waals surface area contributed by atoms with Gasteiger partial charge >= 0.3 is 6.03 Å². The highest BCUT2D eigenvalue weighted by Crippen LogP contribution is 2.15. The number of rotatable bonds is 5. The molecular formula is C17H28N4O2. The summed E-state index contributed by atoms with van der Waals surface area (Å²) in [6.45, 7) is 7.02. The molecule has 1 aliphatic heterocycles. The van der Waals surface area contributed by atoms with E-state index in [1.54, 1.807) is 4.90 Å². The third-order valence-electron chi connectivity index (χ3n) is 4.40. The molecule has 0 saturated carbocycles. The fourth-order valence-corrected chi connectivity index (χ4v) is 3.06. The first-order valence-electron chi connectivity index (χ1n) is 8.35. The molecule has 0 aliphatic carbocycles. The summed E-state index contributed by atoms with van der Waals surface area (Å²) in [5.41, 5.74) is 1.25. The minimum absolute atomic E-state index is 0.0575. The number of piperazine rings is 1. The van der Waals surface area contributed by atoms with E-state index in [0.717, 1.165) is 12.8 Å². The van der Waals surface area contributed by atoms with Crippen LogP contribution in [0.15, 0.2) is 18.3 Å². The molecule has 128 valence electrons. The van der Waals surface area contributed by atoms with Gasteiger partial charge in [-0.05, 0) is 37.8 Å². The number of aromatic nitrogens is 1. The number of carbonyl (C=O) groups is 2. The summed E-state index contributed by atoms with van der Waals surface area (Å²) in [4.78, 5) is 26.2. The van der Waals surface area contributed by atoms with Gasteiger partial charge in [0.2, 0.25) is 5.91 Å². The van der Waals surface area contributed by atoms with Crippen LogP contribution in [-0.4, -0.2) is 46.6 Å². The van der Waals surface area contributed by atoms with Gasteiger partial charge in [0.05, 0.1) is 0 Å². The van der Waals surface area contributed by atoms with E-state index in [1.165, 1.54) is 5.69 Å². The first-order chi connectivity index (χ1) is 10.9. The summed E-state index contributed by atoms with van der Waals surface area (Å²) in [6.07, 6.45) is 3.81. The van der Waals surface area contributed by atoms with Crippen LogP contribution in [0.2, 0.25) is 0 Å². The van der Waals surface area contributed by atoms with Crippen LogP contribution in [-0.2, 0) is 18.3 Å². The van der Waals surface area contributed by atoms with Crippen molar-refractivity contribution in [2.24, 2.45) is 13.0 Å². The van der Waals surface area contributed by atoms with Gasteiger partial charge in [-0.25, -0.2) is 4.79 Å². The van der Waals surface area contributed by atoms with E-state index in [-0.39, 0.29) is 29.9 Å². The summed E-state index contributed by atoms with van der Waals surface area (Å²) in [5.74, 6) is 0.0394. The maximum absolute atomic E-state index is 12.5. The Balaban J connectivity index is 1.89. The van der Waals surface area contributed by atoms with E-state index in [2.05, 4.69) is 21.3 Å². The minimum atomic E-state index is -0.385. The Labute approximate surface area is 138 Å². The monoisotopic (exact) mass is 320 g/mol. The molecule has 1 saturated heterocycles. The first-order valence-corrected chi connectivity index (χ1v) is 8.35. The predicted octanol–water partition coefficient (Wildman–Crippen LogP) is 1.51. The average molecular weight is 320 g/mol.